The van der Waals surface area contributed by atoms with Gasteiger partial charge in [0.25, 0.3) is 0 Å². The van der Waals surface area contributed by atoms with E-state index < -0.39 is 0 Å². The highest BCUT2D eigenvalue weighted by Crippen LogP contribution is 1.81. The van der Waals surface area contributed by atoms with Crippen molar-refractivity contribution in [3.63, 3.8) is 0 Å². The Hall–Kier alpha value is 0.280. The second-order valence-corrected chi connectivity index (χ2v) is 0.838. The van der Waals surface area contributed by atoms with Gasteiger partial charge in [0.05, 0.1) is 0 Å². The molecule has 0 aliphatic carbocycles. The third kappa shape index (κ3) is 47.6. The van der Waals surface area contributed by atoms with Crippen LogP contribution in [0.2, 0.25) is 0 Å². The number of hydrogen-bond donors (Lipinski definition) is 1. The van der Waals surface area contributed by atoms with E-state index in [1.165, 1.54) is 0 Å². The number of rotatable bonds is 0. The van der Waals surface area contributed by atoms with Gasteiger partial charge in [0.15, 0.2) is 0 Å². The van der Waals surface area contributed by atoms with Gasteiger partial charge in [0.1, 0.15) is 0 Å². The van der Waals surface area contributed by atoms with Crippen molar-refractivity contribution in [1.29, 1.82) is 0 Å². The van der Waals surface area contributed by atoms with E-state index in [1.54, 1.807) is 9.39 Å². The molecule has 0 aromatic carbocycles. The molecule has 0 amide bonds. The Kier molecular flexibility index (Phi) is 1.70. The zero-order valence-corrected chi connectivity index (χ0v) is 3.13. The fourth-order valence-electron chi connectivity index (χ4n) is 0. The molecule has 0 fully saturated rings. The van der Waals surface area contributed by atoms with Crippen LogP contribution in [0, 0.1) is 0 Å². The topological polar surface area (TPSA) is 29.3 Å². The molecule has 0 radical (unpaired) electrons. The van der Waals surface area contributed by atoms with E-state index in [-0.39, 0.29) is 5.00 Å². The van der Waals surface area contributed by atoms with Crippen molar-refractivity contribution in [2.45, 2.75) is 0 Å². The third-order valence-corrected chi connectivity index (χ3v) is 0. The summed E-state index contributed by atoms with van der Waals surface area (Å²) in [6, 6.07) is 0. The van der Waals surface area contributed by atoms with Crippen molar-refractivity contribution >= 4 is 9.39 Å². The fourth-order valence-corrected chi connectivity index (χ4v) is 0. The molecule has 0 rings (SSSR count). The van der Waals surface area contributed by atoms with E-state index in [0.717, 1.165) is 0 Å². The van der Waals surface area contributed by atoms with Crippen LogP contribution in [0.25, 0.3) is 0 Å². The SMILES string of the molecule is NN(F)P. The smallest absolute Gasteiger partial charge is 0.0113 e. The molecule has 0 saturated carbocycles. The minimum atomic E-state index is -0.0833. The van der Waals surface area contributed by atoms with Crippen molar-refractivity contribution in [1.82, 2.24) is 5.00 Å². The number of halogens is 1. The monoisotopic (exact) mass is 82.0 g/mol. The first-order chi connectivity index (χ1) is 1.73. The lowest BCUT2D eigenvalue weighted by atomic mass is 12.9. The molecule has 0 spiro atoms. The first-order valence-electron chi connectivity index (χ1n) is 0.685. The summed E-state index contributed by atoms with van der Waals surface area (Å²) in [5, 5.41) is -0.0833. The van der Waals surface area contributed by atoms with Crippen LogP contribution in [0.4, 0.5) is 4.48 Å². The van der Waals surface area contributed by atoms with Crippen LogP contribution in [0.3, 0.4) is 0 Å². The van der Waals surface area contributed by atoms with E-state index in [2.05, 4.69) is 5.84 Å². The zero-order valence-electron chi connectivity index (χ0n) is 1.98. The first kappa shape index (κ1) is 4.28. The highest BCUT2D eigenvalue weighted by molar-refractivity contribution is 7.12. The molecule has 0 saturated heterocycles. The molecule has 0 bridgehead atoms. The van der Waals surface area contributed by atoms with Crippen LogP contribution in [0.1, 0.15) is 0 Å². The molecule has 2 N–H and O–H groups in total. The molecule has 4 heavy (non-hydrogen) atoms. The largest absolute Gasteiger partial charge is 0.238 e. The molecule has 1 atom stereocenters. The molecular formula is H4FN2P. The number of nitrogens with zero attached hydrogens (tertiary/aromatic N) is 1. The van der Waals surface area contributed by atoms with Crippen LogP contribution in [-0.2, 0) is 0 Å². The summed E-state index contributed by atoms with van der Waals surface area (Å²) in [4.78, 5) is 0. The standard InChI is InChI=1S/FH4N2P/c1-3(2)4/h2,4H2. The van der Waals surface area contributed by atoms with Gasteiger partial charge in [-0.1, -0.05) is 5.00 Å². The quantitative estimate of drug-likeness (QED) is 0.190. The molecular weight excluding hydrogens is 78.0 g/mol. The van der Waals surface area contributed by atoms with Gasteiger partial charge in [-0.15, -0.1) is 4.48 Å². The lowest BCUT2D eigenvalue weighted by Crippen LogP contribution is -2.04. The first-order valence-corrected chi connectivity index (χ1v) is 1.20. The van der Waals surface area contributed by atoms with Gasteiger partial charge in [-0.05, 0) is 9.39 Å². The van der Waals surface area contributed by atoms with Gasteiger partial charge in [0, 0.05) is 0 Å². The van der Waals surface area contributed by atoms with Crippen molar-refractivity contribution in [2.75, 3.05) is 0 Å². The summed E-state index contributed by atoms with van der Waals surface area (Å²) < 4.78 is 10.6. The van der Waals surface area contributed by atoms with Crippen LogP contribution in [0.5, 0.6) is 0 Å². The van der Waals surface area contributed by atoms with Crippen molar-refractivity contribution in [3.8, 4) is 0 Å². The average Bonchev–Trinajstić information content (AvgIpc) is 0.811. The molecule has 0 aromatic rings. The molecule has 1 unspecified atom stereocenters. The van der Waals surface area contributed by atoms with E-state index in [1.807, 2.05) is 0 Å². The number of nitrogens with two attached hydrogens (primary N) is 1. The average molecular weight is 82.0 g/mol. The Morgan fingerprint density at radius 3 is 2.00 bits per heavy atom. The van der Waals surface area contributed by atoms with Crippen LogP contribution < -0.4 is 5.84 Å². The highest BCUT2D eigenvalue weighted by atomic mass is 31.0. The molecule has 0 aliphatic heterocycles. The van der Waals surface area contributed by atoms with E-state index >= 15 is 0 Å². The minimum Gasteiger partial charge on any atom is -0.238 e. The predicted molar refractivity (Wildman–Crippen MR) is 16.8 cm³/mol. The van der Waals surface area contributed by atoms with Crippen molar-refractivity contribution in [2.24, 2.45) is 5.84 Å². The summed E-state index contributed by atoms with van der Waals surface area (Å²) in [6.07, 6.45) is 0. The molecule has 0 aromatic heterocycles. The van der Waals surface area contributed by atoms with E-state index in [4.69, 9.17) is 0 Å². The third-order valence-electron chi connectivity index (χ3n) is 0. The van der Waals surface area contributed by atoms with Gasteiger partial charge in [-0.2, -0.15) is 0 Å². The summed E-state index contributed by atoms with van der Waals surface area (Å²) in [6.45, 7) is 0. The van der Waals surface area contributed by atoms with E-state index in [0.29, 0.717) is 0 Å². The lowest BCUT2D eigenvalue weighted by molar-refractivity contribution is 0.161. The second-order valence-electron chi connectivity index (χ2n) is 0.344. The summed E-state index contributed by atoms with van der Waals surface area (Å²) >= 11 is 0. The van der Waals surface area contributed by atoms with E-state index in [9.17, 15) is 4.48 Å². The normalized spacial score (nSPS) is 9.00. The Balaban J connectivity index is 2.32. The molecule has 0 aliphatic rings. The Morgan fingerprint density at radius 2 is 2.00 bits per heavy atom. The maximum Gasteiger partial charge on any atom is -0.0113 e. The summed E-state index contributed by atoms with van der Waals surface area (Å²) in [5.41, 5.74) is 0. The van der Waals surface area contributed by atoms with Gasteiger partial charge in [-0.3, -0.25) is 0 Å². The van der Waals surface area contributed by atoms with Gasteiger partial charge < -0.3 is 0 Å². The maximum absolute atomic E-state index is 10.6. The minimum absolute atomic E-state index is 0.0833. The van der Waals surface area contributed by atoms with Crippen molar-refractivity contribution in [3.05, 3.63) is 0 Å². The van der Waals surface area contributed by atoms with Crippen LogP contribution in [-0.4, -0.2) is 5.00 Å². The fraction of sp³-hybridized carbons (Fsp3) is 0. The summed E-state index contributed by atoms with van der Waals surface area (Å²) in [5.74, 6) is 4.24. The van der Waals surface area contributed by atoms with Crippen molar-refractivity contribution < 1.29 is 4.48 Å². The Bertz CT molecular complexity index is 10.8. The Morgan fingerprint density at radius 1 is 2.00 bits per heavy atom. The zero-order chi connectivity index (χ0) is 3.58. The number of hydrazine groups is 1. The summed E-state index contributed by atoms with van der Waals surface area (Å²) in [7, 11) is 1.60. The van der Waals surface area contributed by atoms with Crippen LogP contribution >= 0.6 is 9.39 Å². The molecule has 2 nitrogen and oxygen atoms in total. The van der Waals surface area contributed by atoms with Gasteiger partial charge in [0.2, 0.25) is 0 Å². The second kappa shape index (κ2) is 1.58. The predicted octanol–water partition coefficient (Wildman–Crippen LogP) is -0.163. The molecule has 4 heteroatoms. The van der Waals surface area contributed by atoms with Crippen LogP contribution in [0.15, 0.2) is 0 Å². The number of hydrogen-bond acceptors (Lipinski definition) is 2. The van der Waals surface area contributed by atoms with Gasteiger partial charge in [-0.25, -0.2) is 5.84 Å². The molecule has 26 valence electrons. The lowest BCUT2D eigenvalue weighted by Gasteiger charge is -1.83. The van der Waals surface area contributed by atoms with Gasteiger partial charge >= 0.3 is 0 Å². The maximum atomic E-state index is 10.6. The Labute approximate surface area is 25.9 Å². The highest BCUT2D eigenvalue weighted by Gasteiger charge is 1.64. The molecule has 0 heterocycles.